The minimum absolute atomic E-state index is 0.0181. The normalized spacial score (nSPS) is 14.6. The van der Waals surface area contributed by atoms with Crippen molar-refractivity contribution in [2.24, 2.45) is 0 Å². The number of aromatic nitrogens is 2. The molecule has 0 bridgehead atoms. The van der Waals surface area contributed by atoms with E-state index in [1.807, 2.05) is 0 Å². The highest BCUT2D eigenvalue weighted by atomic mass is 32.1. The molecular formula is C14H16N2O2S. The van der Waals surface area contributed by atoms with Crippen molar-refractivity contribution in [1.82, 2.24) is 9.55 Å². The molecule has 0 saturated heterocycles. The standard InChI is InChI=1S/C14H16N2O2S/c1-8(17)7-16-9(2)15-13-12(14(16)18)10-5-3-4-6-11(10)19-13/h3-7H2,1-2H3. The lowest BCUT2D eigenvalue weighted by molar-refractivity contribution is -0.117. The minimum atomic E-state index is -0.0444. The van der Waals surface area contributed by atoms with E-state index >= 15 is 0 Å². The van der Waals surface area contributed by atoms with Gasteiger partial charge in [-0.1, -0.05) is 0 Å². The van der Waals surface area contributed by atoms with Gasteiger partial charge >= 0.3 is 0 Å². The fraction of sp³-hybridized carbons (Fsp3) is 0.500. The van der Waals surface area contributed by atoms with Crippen LogP contribution in [-0.4, -0.2) is 15.3 Å². The van der Waals surface area contributed by atoms with Crippen molar-refractivity contribution in [3.63, 3.8) is 0 Å². The first-order valence-electron chi connectivity index (χ1n) is 6.59. The van der Waals surface area contributed by atoms with Gasteiger partial charge < -0.3 is 0 Å². The summed E-state index contributed by atoms with van der Waals surface area (Å²) in [6.45, 7) is 3.42. The third-order valence-corrected chi connectivity index (χ3v) is 4.83. The molecule has 3 rings (SSSR count). The van der Waals surface area contributed by atoms with Gasteiger partial charge in [-0.15, -0.1) is 11.3 Å². The van der Waals surface area contributed by atoms with Crippen molar-refractivity contribution in [3.05, 3.63) is 26.6 Å². The zero-order valence-corrected chi connectivity index (χ0v) is 12.0. The summed E-state index contributed by atoms with van der Waals surface area (Å²) in [6, 6.07) is 0. The topological polar surface area (TPSA) is 52.0 Å². The fourth-order valence-electron chi connectivity index (χ4n) is 2.75. The van der Waals surface area contributed by atoms with E-state index in [9.17, 15) is 9.59 Å². The number of nitrogens with zero attached hydrogens (tertiary/aromatic N) is 2. The maximum atomic E-state index is 12.6. The highest BCUT2D eigenvalue weighted by Gasteiger charge is 2.21. The zero-order chi connectivity index (χ0) is 13.6. The molecule has 4 nitrogen and oxygen atoms in total. The van der Waals surface area contributed by atoms with Crippen molar-refractivity contribution in [2.45, 2.75) is 46.1 Å². The number of thiophene rings is 1. The third-order valence-electron chi connectivity index (χ3n) is 3.65. The Balaban J connectivity index is 2.30. The van der Waals surface area contributed by atoms with E-state index in [1.54, 1.807) is 18.3 Å². The van der Waals surface area contributed by atoms with Gasteiger partial charge in [0, 0.05) is 4.88 Å². The first kappa shape index (κ1) is 12.5. The highest BCUT2D eigenvalue weighted by molar-refractivity contribution is 7.18. The molecule has 0 fully saturated rings. The summed E-state index contributed by atoms with van der Waals surface area (Å²) in [7, 11) is 0. The van der Waals surface area contributed by atoms with Gasteiger partial charge in [-0.3, -0.25) is 14.2 Å². The van der Waals surface area contributed by atoms with Crippen LogP contribution in [0.1, 0.15) is 36.0 Å². The number of ketones is 1. The van der Waals surface area contributed by atoms with Gasteiger partial charge in [0.05, 0.1) is 11.9 Å². The number of rotatable bonds is 2. The van der Waals surface area contributed by atoms with Gasteiger partial charge in [0.2, 0.25) is 0 Å². The number of hydrogen-bond acceptors (Lipinski definition) is 4. The lowest BCUT2D eigenvalue weighted by Gasteiger charge is -2.11. The zero-order valence-electron chi connectivity index (χ0n) is 11.2. The Kier molecular flexibility index (Phi) is 3.01. The largest absolute Gasteiger partial charge is 0.298 e. The smallest absolute Gasteiger partial charge is 0.262 e. The average molecular weight is 276 g/mol. The van der Waals surface area contributed by atoms with Gasteiger partial charge in [0.1, 0.15) is 16.4 Å². The molecule has 2 heterocycles. The maximum Gasteiger partial charge on any atom is 0.262 e. The Morgan fingerprint density at radius 1 is 1.37 bits per heavy atom. The van der Waals surface area contributed by atoms with Gasteiger partial charge in [0.25, 0.3) is 5.56 Å². The molecule has 2 aromatic rings. The molecule has 0 unspecified atom stereocenters. The molecule has 100 valence electrons. The number of carbonyl (C=O) groups is 1. The molecule has 0 radical (unpaired) electrons. The molecule has 1 aliphatic rings. The molecule has 19 heavy (non-hydrogen) atoms. The predicted molar refractivity (Wildman–Crippen MR) is 75.9 cm³/mol. The Morgan fingerprint density at radius 2 is 2.11 bits per heavy atom. The predicted octanol–water partition coefficient (Wildman–Crippen LogP) is 2.23. The van der Waals surface area contributed by atoms with Crippen molar-refractivity contribution in [3.8, 4) is 0 Å². The SMILES string of the molecule is CC(=O)Cn1c(C)nc2sc3c(c2c1=O)CCCC3. The first-order valence-corrected chi connectivity index (χ1v) is 7.40. The van der Waals surface area contributed by atoms with Crippen LogP contribution in [0, 0.1) is 6.92 Å². The van der Waals surface area contributed by atoms with Crippen LogP contribution >= 0.6 is 11.3 Å². The van der Waals surface area contributed by atoms with Gasteiger partial charge in [-0.05, 0) is 45.1 Å². The van der Waals surface area contributed by atoms with Crippen LogP contribution in [0.25, 0.3) is 10.2 Å². The van der Waals surface area contributed by atoms with E-state index in [0.717, 1.165) is 29.5 Å². The van der Waals surface area contributed by atoms with Crippen LogP contribution in [0.2, 0.25) is 0 Å². The van der Waals surface area contributed by atoms with E-state index in [1.165, 1.54) is 28.4 Å². The summed E-state index contributed by atoms with van der Waals surface area (Å²) in [5.74, 6) is 0.613. The van der Waals surface area contributed by atoms with Crippen molar-refractivity contribution >= 4 is 27.3 Å². The second kappa shape index (κ2) is 4.56. The molecule has 0 amide bonds. The molecule has 1 aliphatic carbocycles. The Labute approximate surface area is 115 Å². The van der Waals surface area contributed by atoms with Crippen molar-refractivity contribution in [1.29, 1.82) is 0 Å². The van der Waals surface area contributed by atoms with Crippen LogP contribution in [-0.2, 0) is 24.2 Å². The number of hydrogen-bond donors (Lipinski definition) is 0. The van der Waals surface area contributed by atoms with E-state index in [4.69, 9.17) is 0 Å². The molecule has 0 aromatic carbocycles. The van der Waals surface area contributed by atoms with Crippen LogP contribution in [0.4, 0.5) is 0 Å². The van der Waals surface area contributed by atoms with E-state index in [-0.39, 0.29) is 17.9 Å². The van der Waals surface area contributed by atoms with Crippen LogP contribution in [0.15, 0.2) is 4.79 Å². The molecule has 0 spiro atoms. The van der Waals surface area contributed by atoms with E-state index in [0.29, 0.717) is 5.82 Å². The first-order chi connectivity index (χ1) is 9.08. The van der Waals surface area contributed by atoms with Gasteiger partial charge in [0.15, 0.2) is 0 Å². The lowest BCUT2D eigenvalue weighted by Crippen LogP contribution is -2.26. The summed E-state index contributed by atoms with van der Waals surface area (Å²) < 4.78 is 1.51. The molecule has 2 aromatic heterocycles. The van der Waals surface area contributed by atoms with Crippen LogP contribution < -0.4 is 5.56 Å². The van der Waals surface area contributed by atoms with E-state index in [2.05, 4.69) is 4.98 Å². The second-order valence-corrected chi connectivity index (χ2v) is 6.23. The fourth-order valence-corrected chi connectivity index (χ4v) is 4.05. The quantitative estimate of drug-likeness (QED) is 0.845. The lowest BCUT2D eigenvalue weighted by atomic mass is 9.97. The van der Waals surface area contributed by atoms with Crippen LogP contribution in [0.3, 0.4) is 0 Å². The molecule has 0 aliphatic heterocycles. The summed E-state index contributed by atoms with van der Waals surface area (Å²) in [4.78, 5) is 30.6. The van der Waals surface area contributed by atoms with Gasteiger partial charge in [-0.2, -0.15) is 0 Å². The Hall–Kier alpha value is -1.49. The van der Waals surface area contributed by atoms with Crippen molar-refractivity contribution < 1.29 is 4.79 Å². The number of Topliss-reactive ketones (excluding diaryl/α,β-unsaturated/α-hetero) is 1. The van der Waals surface area contributed by atoms with E-state index < -0.39 is 0 Å². The number of carbonyl (C=O) groups excluding carboxylic acids is 1. The summed E-state index contributed by atoms with van der Waals surface area (Å²) in [5.41, 5.74) is 1.14. The molecule has 0 N–H and O–H groups in total. The second-order valence-electron chi connectivity index (χ2n) is 5.14. The number of fused-ring (bicyclic) bond motifs is 3. The number of aryl methyl sites for hydroxylation is 3. The highest BCUT2D eigenvalue weighted by Crippen LogP contribution is 2.33. The Morgan fingerprint density at radius 3 is 2.84 bits per heavy atom. The molecule has 0 atom stereocenters. The maximum absolute atomic E-state index is 12.6. The minimum Gasteiger partial charge on any atom is -0.298 e. The summed E-state index contributed by atoms with van der Waals surface area (Å²) >= 11 is 1.65. The molecule has 0 saturated carbocycles. The van der Waals surface area contributed by atoms with Crippen LogP contribution in [0.5, 0.6) is 0 Å². The summed E-state index contributed by atoms with van der Waals surface area (Å²) in [6.07, 6.45) is 4.36. The molecular weight excluding hydrogens is 260 g/mol. The van der Waals surface area contributed by atoms with Gasteiger partial charge in [-0.25, -0.2) is 4.98 Å². The third kappa shape index (κ3) is 2.02. The van der Waals surface area contributed by atoms with Crippen molar-refractivity contribution in [2.75, 3.05) is 0 Å². The summed E-state index contributed by atoms with van der Waals surface area (Å²) in [5, 5.41) is 0.756. The monoisotopic (exact) mass is 276 g/mol. The Bertz CT molecular complexity index is 727. The molecule has 5 heteroatoms. The average Bonchev–Trinajstić information content (AvgIpc) is 2.72.